The van der Waals surface area contributed by atoms with Crippen LogP contribution in [0.15, 0.2) is 34.5 Å². The lowest BCUT2D eigenvalue weighted by atomic mass is 9.89. The monoisotopic (exact) mass is 392 g/mol. The molecule has 3 rings (SSSR count). The third kappa shape index (κ3) is 4.52. The molecule has 0 radical (unpaired) electrons. The number of amides is 1. The van der Waals surface area contributed by atoms with Gasteiger partial charge in [-0.05, 0) is 61.4 Å². The van der Waals surface area contributed by atoms with Gasteiger partial charge in [-0.3, -0.25) is 4.79 Å². The molecule has 1 aliphatic carbocycles. The largest absolute Gasteiger partial charge is 0.351 e. The zero-order chi connectivity index (χ0) is 18.7. The average molecular weight is 393 g/mol. The molecule has 2 aromatic rings. The van der Waals surface area contributed by atoms with Crippen molar-refractivity contribution in [1.29, 1.82) is 0 Å². The topological polar surface area (TPSA) is 75.3 Å². The van der Waals surface area contributed by atoms with Crippen molar-refractivity contribution in [2.45, 2.75) is 56.3 Å². The van der Waals surface area contributed by atoms with Crippen molar-refractivity contribution in [3.63, 3.8) is 0 Å². The number of aryl methyl sites for hydroxylation is 2. The number of sulfonamides is 1. The minimum absolute atomic E-state index is 0.137. The summed E-state index contributed by atoms with van der Waals surface area (Å²) < 4.78 is 28.4. The Morgan fingerprint density at radius 2 is 1.88 bits per heavy atom. The van der Waals surface area contributed by atoms with Gasteiger partial charge in [0.05, 0.1) is 6.54 Å². The zero-order valence-electron chi connectivity index (χ0n) is 15.0. The number of carbonyl (C=O) groups is 1. The van der Waals surface area contributed by atoms with Gasteiger partial charge in [0, 0.05) is 17.8 Å². The molecule has 1 heterocycles. The molecule has 1 atom stereocenters. The molecule has 1 aliphatic rings. The van der Waals surface area contributed by atoms with Crippen molar-refractivity contribution in [2.75, 3.05) is 0 Å². The first-order valence-corrected chi connectivity index (χ1v) is 11.1. The first kappa shape index (κ1) is 19.1. The van der Waals surface area contributed by atoms with E-state index in [0.717, 1.165) is 23.3 Å². The number of carbonyl (C=O) groups excluding carboxylic acids is 1. The van der Waals surface area contributed by atoms with Crippen LogP contribution in [0.4, 0.5) is 0 Å². The Morgan fingerprint density at radius 3 is 2.62 bits per heavy atom. The lowest BCUT2D eigenvalue weighted by Gasteiger charge is -2.19. The maximum Gasteiger partial charge on any atom is 0.250 e. The van der Waals surface area contributed by atoms with E-state index in [2.05, 4.69) is 22.2 Å². The summed E-state index contributed by atoms with van der Waals surface area (Å²) in [6, 6.07) is 9.31. The predicted octanol–water partition coefficient (Wildman–Crippen LogP) is 3.30. The molecule has 140 valence electrons. The highest BCUT2D eigenvalue weighted by atomic mass is 32.2. The molecule has 0 saturated heterocycles. The Balaban J connectivity index is 1.71. The second-order valence-electron chi connectivity index (χ2n) is 6.71. The molecule has 26 heavy (non-hydrogen) atoms. The van der Waals surface area contributed by atoms with Crippen molar-refractivity contribution in [3.8, 4) is 0 Å². The quantitative estimate of drug-likeness (QED) is 0.792. The molecule has 7 heteroatoms. The molecule has 2 N–H and O–H groups in total. The summed E-state index contributed by atoms with van der Waals surface area (Å²) in [5.74, 6) is -0.137. The molecule has 5 nitrogen and oxygen atoms in total. The highest BCUT2D eigenvalue weighted by Crippen LogP contribution is 2.27. The Labute approximate surface area is 158 Å². The van der Waals surface area contributed by atoms with E-state index in [9.17, 15) is 13.2 Å². The van der Waals surface area contributed by atoms with Crippen LogP contribution in [0.2, 0.25) is 0 Å². The van der Waals surface area contributed by atoms with Crippen LogP contribution in [-0.2, 0) is 34.2 Å². The second-order valence-corrected chi connectivity index (χ2v) is 9.82. The van der Waals surface area contributed by atoms with Gasteiger partial charge in [0.25, 0.3) is 10.0 Å². The summed E-state index contributed by atoms with van der Waals surface area (Å²) in [6.07, 6.45) is 4.61. The third-order valence-electron chi connectivity index (χ3n) is 4.62. The van der Waals surface area contributed by atoms with E-state index in [1.807, 2.05) is 13.0 Å². The van der Waals surface area contributed by atoms with Gasteiger partial charge in [-0.15, -0.1) is 11.3 Å². The maximum absolute atomic E-state index is 12.7. The molecular weight excluding hydrogens is 368 g/mol. The Kier molecular flexibility index (Phi) is 5.79. The van der Waals surface area contributed by atoms with Crippen molar-refractivity contribution < 1.29 is 13.2 Å². The Bertz CT molecular complexity index is 903. The lowest BCUT2D eigenvalue weighted by molar-refractivity contribution is -0.119. The van der Waals surface area contributed by atoms with Crippen molar-refractivity contribution in [2.24, 2.45) is 0 Å². The average Bonchev–Trinajstić information content (AvgIpc) is 3.09. The summed E-state index contributed by atoms with van der Waals surface area (Å²) in [5, 5.41) is 2.68. The summed E-state index contributed by atoms with van der Waals surface area (Å²) >= 11 is 1.18. The van der Waals surface area contributed by atoms with E-state index in [1.165, 1.54) is 42.2 Å². The van der Waals surface area contributed by atoms with Crippen LogP contribution in [0, 0.1) is 0 Å². The fourth-order valence-electron chi connectivity index (χ4n) is 3.19. The summed E-state index contributed by atoms with van der Waals surface area (Å²) in [7, 11) is -3.59. The maximum atomic E-state index is 12.7. The zero-order valence-corrected chi connectivity index (χ0v) is 16.7. The van der Waals surface area contributed by atoms with E-state index < -0.39 is 10.0 Å². The van der Waals surface area contributed by atoms with Crippen LogP contribution >= 0.6 is 11.3 Å². The lowest BCUT2D eigenvalue weighted by Crippen LogP contribution is -2.26. The molecule has 1 aromatic carbocycles. The van der Waals surface area contributed by atoms with Gasteiger partial charge in [-0.1, -0.05) is 18.2 Å². The molecule has 0 bridgehead atoms. The number of thiophene rings is 1. The van der Waals surface area contributed by atoms with Crippen LogP contribution < -0.4 is 10.0 Å². The van der Waals surface area contributed by atoms with E-state index in [0.29, 0.717) is 6.54 Å². The van der Waals surface area contributed by atoms with Gasteiger partial charge in [0.2, 0.25) is 5.91 Å². The molecule has 0 unspecified atom stereocenters. The van der Waals surface area contributed by atoms with E-state index in [4.69, 9.17) is 0 Å². The molecule has 1 aromatic heterocycles. The van der Waals surface area contributed by atoms with Crippen LogP contribution in [0.1, 0.15) is 54.3 Å². The van der Waals surface area contributed by atoms with Gasteiger partial charge < -0.3 is 5.32 Å². The summed E-state index contributed by atoms with van der Waals surface area (Å²) in [4.78, 5) is 11.8. The highest BCUT2D eigenvalue weighted by Gasteiger charge is 2.21. The van der Waals surface area contributed by atoms with E-state index >= 15 is 0 Å². The number of nitrogens with one attached hydrogen (secondary N) is 2. The molecular formula is C19H24N2O3S2. The molecule has 0 fully saturated rings. The van der Waals surface area contributed by atoms with Gasteiger partial charge >= 0.3 is 0 Å². The van der Waals surface area contributed by atoms with Crippen LogP contribution in [0.25, 0.3) is 0 Å². The number of hydrogen-bond donors (Lipinski definition) is 2. The first-order valence-electron chi connectivity index (χ1n) is 8.82. The highest BCUT2D eigenvalue weighted by molar-refractivity contribution is 7.91. The van der Waals surface area contributed by atoms with E-state index in [-0.39, 0.29) is 16.2 Å². The number of rotatable bonds is 6. The molecule has 1 amide bonds. The first-order chi connectivity index (χ1) is 12.3. The van der Waals surface area contributed by atoms with E-state index in [1.54, 1.807) is 12.1 Å². The summed E-state index contributed by atoms with van der Waals surface area (Å²) in [6.45, 7) is 3.65. The van der Waals surface area contributed by atoms with Gasteiger partial charge in [-0.25, -0.2) is 13.1 Å². The number of hydrogen-bond acceptors (Lipinski definition) is 4. The summed E-state index contributed by atoms with van der Waals surface area (Å²) in [5.41, 5.74) is 3.72. The second kappa shape index (κ2) is 7.90. The number of benzene rings is 1. The Morgan fingerprint density at radius 1 is 1.15 bits per heavy atom. The molecule has 0 saturated carbocycles. The minimum Gasteiger partial charge on any atom is -0.351 e. The third-order valence-corrected chi connectivity index (χ3v) is 7.74. The van der Waals surface area contributed by atoms with Crippen LogP contribution in [0.5, 0.6) is 0 Å². The Hall–Kier alpha value is -1.70. The molecule has 0 spiro atoms. The van der Waals surface area contributed by atoms with Gasteiger partial charge in [-0.2, -0.15) is 0 Å². The normalized spacial score (nSPS) is 15.3. The standard InChI is InChI=1S/C19H24N2O3S2/c1-13(16-8-7-15-5-3-4-6-17(15)11-16)21-26(23,24)19-10-9-18(25-19)12-20-14(2)22/h7-11,13,21H,3-6,12H2,1-2H3,(H,20,22)/t13-/m0/s1. The van der Waals surface area contributed by atoms with Crippen LogP contribution in [-0.4, -0.2) is 14.3 Å². The van der Waals surface area contributed by atoms with Gasteiger partial charge in [0.1, 0.15) is 4.21 Å². The van der Waals surface area contributed by atoms with Crippen LogP contribution in [0.3, 0.4) is 0 Å². The fourth-order valence-corrected chi connectivity index (χ4v) is 5.73. The smallest absolute Gasteiger partial charge is 0.250 e. The number of fused-ring (bicyclic) bond motifs is 1. The van der Waals surface area contributed by atoms with Crippen molar-refractivity contribution in [3.05, 3.63) is 51.9 Å². The van der Waals surface area contributed by atoms with Crippen molar-refractivity contribution in [1.82, 2.24) is 10.0 Å². The fraction of sp³-hybridized carbons (Fsp3) is 0.421. The molecule has 0 aliphatic heterocycles. The van der Waals surface area contributed by atoms with Crippen molar-refractivity contribution >= 4 is 27.3 Å². The predicted molar refractivity (Wildman–Crippen MR) is 104 cm³/mol. The SMILES string of the molecule is CC(=O)NCc1ccc(S(=O)(=O)N[C@@H](C)c2ccc3c(c2)CCCC3)s1. The van der Waals surface area contributed by atoms with Gasteiger partial charge in [0.15, 0.2) is 0 Å². The minimum atomic E-state index is -3.59.